The van der Waals surface area contributed by atoms with E-state index in [-0.39, 0.29) is 11.9 Å². The zero-order valence-corrected chi connectivity index (χ0v) is 17.8. The minimum atomic E-state index is -0.104. The number of carbonyl (C=O) groups is 1. The second-order valence-corrected chi connectivity index (χ2v) is 8.00. The van der Waals surface area contributed by atoms with Gasteiger partial charge in [-0.2, -0.15) is 0 Å². The fraction of sp³-hybridized carbons (Fsp3) is 0.280. The van der Waals surface area contributed by atoms with Gasteiger partial charge in [-0.15, -0.1) is 0 Å². The number of amides is 1. The molecule has 7 nitrogen and oxygen atoms in total. The molecule has 4 aromatic rings. The van der Waals surface area contributed by atoms with E-state index < -0.39 is 0 Å². The Morgan fingerprint density at radius 1 is 1.09 bits per heavy atom. The van der Waals surface area contributed by atoms with Gasteiger partial charge in [0.1, 0.15) is 23.8 Å². The molecule has 7 heteroatoms. The summed E-state index contributed by atoms with van der Waals surface area (Å²) >= 11 is 0. The number of carbonyl (C=O) groups excluding carboxylic acids is 1. The molecule has 164 valence electrons. The topological polar surface area (TPSA) is 72.0 Å². The first-order valence-corrected chi connectivity index (χ1v) is 11.0. The molecule has 1 unspecified atom stereocenters. The SMILES string of the molecule is O=C(NCC(c1ccco1)N1CCCC1)c1ccc(OCc2cn3ccccc3n2)cc1. The summed E-state index contributed by atoms with van der Waals surface area (Å²) in [4.78, 5) is 19.6. The van der Waals surface area contributed by atoms with E-state index in [1.165, 1.54) is 12.8 Å². The Morgan fingerprint density at radius 2 is 1.94 bits per heavy atom. The predicted octanol–water partition coefficient (Wildman–Crippen LogP) is 4.07. The third kappa shape index (κ3) is 4.53. The quantitative estimate of drug-likeness (QED) is 0.456. The van der Waals surface area contributed by atoms with Crippen molar-refractivity contribution in [3.05, 3.63) is 90.3 Å². The number of ether oxygens (including phenoxy) is 1. The van der Waals surface area contributed by atoms with Crippen molar-refractivity contribution in [2.75, 3.05) is 19.6 Å². The average Bonchev–Trinajstić information content (AvgIpc) is 3.60. The van der Waals surface area contributed by atoms with Gasteiger partial charge in [-0.3, -0.25) is 9.69 Å². The van der Waals surface area contributed by atoms with Crippen molar-refractivity contribution < 1.29 is 13.9 Å². The van der Waals surface area contributed by atoms with Gasteiger partial charge < -0.3 is 18.9 Å². The number of benzene rings is 1. The number of nitrogens with one attached hydrogen (secondary N) is 1. The van der Waals surface area contributed by atoms with Crippen molar-refractivity contribution in [1.29, 1.82) is 0 Å². The number of fused-ring (bicyclic) bond motifs is 1. The van der Waals surface area contributed by atoms with Crippen LogP contribution in [0, 0.1) is 0 Å². The van der Waals surface area contributed by atoms with E-state index in [0.29, 0.717) is 24.5 Å². The van der Waals surface area contributed by atoms with Crippen LogP contribution in [0.3, 0.4) is 0 Å². The lowest BCUT2D eigenvalue weighted by atomic mass is 10.1. The Kier molecular flexibility index (Phi) is 5.89. The van der Waals surface area contributed by atoms with Crippen molar-refractivity contribution >= 4 is 11.6 Å². The molecule has 1 aliphatic rings. The summed E-state index contributed by atoms with van der Waals surface area (Å²) in [7, 11) is 0. The van der Waals surface area contributed by atoms with Gasteiger partial charge in [-0.25, -0.2) is 4.98 Å². The van der Waals surface area contributed by atoms with E-state index in [0.717, 1.165) is 30.2 Å². The zero-order valence-electron chi connectivity index (χ0n) is 17.8. The molecule has 1 aliphatic heterocycles. The predicted molar refractivity (Wildman–Crippen MR) is 121 cm³/mol. The minimum absolute atomic E-state index is 0.0597. The van der Waals surface area contributed by atoms with E-state index in [4.69, 9.17) is 9.15 Å². The largest absolute Gasteiger partial charge is 0.487 e. The smallest absolute Gasteiger partial charge is 0.251 e. The molecule has 1 aromatic carbocycles. The number of hydrogen-bond donors (Lipinski definition) is 1. The molecule has 1 N–H and O–H groups in total. The molecule has 1 atom stereocenters. The van der Waals surface area contributed by atoms with Crippen LogP contribution in [0.5, 0.6) is 5.75 Å². The molecule has 0 spiro atoms. The average molecular weight is 431 g/mol. The fourth-order valence-electron chi connectivity index (χ4n) is 4.15. The van der Waals surface area contributed by atoms with Gasteiger partial charge in [0.2, 0.25) is 0 Å². The maximum atomic E-state index is 12.7. The van der Waals surface area contributed by atoms with Gasteiger partial charge in [0.15, 0.2) is 0 Å². The number of rotatable bonds is 8. The van der Waals surface area contributed by atoms with Gasteiger partial charge >= 0.3 is 0 Å². The highest BCUT2D eigenvalue weighted by molar-refractivity contribution is 5.94. The number of nitrogens with zero attached hydrogens (tertiary/aromatic N) is 3. The highest BCUT2D eigenvalue weighted by Gasteiger charge is 2.26. The molecule has 3 aromatic heterocycles. The Bertz CT molecular complexity index is 1130. The van der Waals surface area contributed by atoms with Crippen molar-refractivity contribution in [1.82, 2.24) is 19.6 Å². The van der Waals surface area contributed by atoms with Crippen LogP contribution in [-0.4, -0.2) is 39.8 Å². The lowest BCUT2D eigenvalue weighted by Crippen LogP contribution is -2.36. The second kappa shape index (κ2) is 9.28. The van der Waals surface area contributed by atoms with Gasteiger partial charge in [-0.05, 0) is 74.5 Å². The normalized spacial score (nSPS) is 15.1. The maximum Gasteiger partial charge on any atom is 0.251 e. The molecular weight excluding hydrogens is 404 g/mol. The van der Waals surface area contributed by atoms with Crippen LogP contribution in [0.1, 0.15) is 40.7 Å². The molecule has 4 heterocycles. The highest BCUT2D eigenvalue weighted by Crippen LogP contribution is 2.25. The highest BCUT2D eigenvalue weighted by atomic mass is 16.5. The Balaban J connectivity index is 1.17. The van der Waals surface area contributed by atoms with Crippen LogP contribution in [0.15, 0.2) is 77.7 Å². The molecule has 1 fully saturated rings. The summed E-state index contributed by atoms with van der Waals surface area (Å²) in [5, 5.41) is 3.06. The van der Waals surface area contributed by atoms with Crippen LogP contribution in [-0.2, 0) is 6.61 Å². The van der Waals surface area contributed by atoms with Crippen LogP contribution >= 0.6 is 0 Å². The summed E-state index contributed by atoms with van der Waals surface area (Å²) in [6.07, 6.45) is 7.96. The van der Waals surface area contributed by atoms with Crippen LogP contribution in [0.4, 0.5) is 0 Å². The standard InChI is InChI=1S/C25H26N4O3/c30-25(26-16-22(23-6-5-15-31-23)28-12-3-4-13-28)19-8-10-21(11-9-19)32-18-20-17-29-14-2-1-7-24(29)27-20/h1-2,5-11,14-15,17,22H,3-4,12-13,16,18H2,(H,26,30). The molecule has 0 saturated carbocycles. The lowest BCUT2D eigenvalue weighted by molar-refractivity contribution is 0.0933. The third-order valence-electron chi connectivity index (χ3n) is 5.83. The van der Waals surface area contributed by atoms with Gasteiger partial charge in [-0.1, -0.05) is 6.07 Å². The number of likely N-dealkylation sites (tertiary alicyclic amines) is 1. The third-order valence-corrected chi connectivity index (χ3v) is 5.83. The molecule has 1 amide bonds. The Morgan fingerprint density at radius 3 is 2.69 bits per heavy atom. The number of pyridine rings is 1. The first kappa shape index (κ1) is 20.3. The van der Waals surface area contributed by atoms with Crippen molar-refractivity contribution in [2.24, 2.45) is 0 Å². The number of aromatic nitrogens is 2. The van der Waals surface area contributed by atoms with Crippen molar-refractivity contribution in [3.63, 3.8) is 0 Å². The summed E-state index contributed by atoms with van der Waals surface area (Å²) in [6.45, 7) is 2.94. The van der Waals surface area contributed by atoms with Crippen molar-refractivity contribution in [2.45, 2.75) is 25.5 Å². The number of imidazole rings is 1. The van der Waals surface area contributed by atoms with E-state index in [1.807, 2.05) is 59.3 Å². The lowest BCUT2D eigenvalue weighted by Gasteiger charge is -2.26. The van der Waals surface area contributed by atoms with E-state index in [1.54, 1.807) is 18.4 Å². The molecule has 0 aliphatic carbocycles. The first-order chi connectivity index (χ1) is 15.8. The second-order valence-electron chi connectivity index (χ2n) is 8.00. The first-order valence-electron chi connectivity index (χ1n) is 11.0. The fourth-order valence-corrected chi connectivity index (χ4v) is 4.15. The van der Waals surface area contributed by atoms with Crippen LogP contribution in [0.25, 0.3) is 5.65 Å². The number of hydrogen-bond acceptors (Lipinski definition) is 5. The Hall–Kier alpha value is -3.58. The molecule has 0 bridgehead atoms. The summed E-state index contributed by atoms with van der Waals surface area (Å²) in [5.41, 5.74) is 2.34. The summed E-state index contributed by atoms with van der Waals surface area (Å²) < 4.78 is 13.4. The van der Waals surface area contributed by atoms with Gasteiger partial charge in [0.05, 0.1) is 18.0 Å². The molecule has 1 saturated heterocycles. The minimum Gasteiger partial charge on any atom is -0.487 e. The number of furan rings is 1. The van der Waals surface area contributed by atoms with Gasteiger partial charge in [0, 0.05) is 24.5 Å². The molecular formula is C25H26N4O3. The van der Waals surface area contributed by atoms with Gasteiger partial charge in [0.25, 0.3) is 5.91 Å². The van der Waals surface area contributed by atoms with E-state index in [9.17, 15) is 4.79 Å². The van der Waals surface area contributed by atoms with E-state index in [2.05, 4.69) is 15.2 Å². The molecule has 32 heavy (non-hydrogen) atoms. The zero-order chi connectivity index (χ0) is 21.8. The summed E-state index contributed by atoms with van der Waals surface area (Å²) in [5.74, 6) is 1.49. The summed E-state index contributed by atoms with van der Waals surface area (Å²) in [6, 6.07) is 17.0. The molecule has 5 rings (SSSR count). The molecule has 0 radical (unpaired) electrons. The van der Waals surface area contributed by atoms with Crippen LogP contribution in [0.2, 0.25) is 0 Å². The van der Waals surface area contributed by atoms with Crippen LogP contribution < -0.4 is 10.1 Å². The monoisotopic (exact) mass is 430 g/mol. The Labute approximate surface area is 186 Å². The maximum absolute atomic E-state index is 12.7. The van der Waals surface area contributed by atoms with Crippen molar-refractivity contribution in [3.8, 4) is 5.75 Å². The van der Waals surface area contributed by atoms with E-state index >= 15 is 0 Å².